The maximum Gasteiger partial charge on any atom is 0.337 e. The number of alkyl halides is 1. The van der Waals surface area contributed by atoms with Gasteiger partial charge in [-0.25, -0.2) is 4.79 Å². The number of carbonyl (C=O) groups is 2. The molecule has 1 aromatic rings. The molecule has 0 aliphatic carbocycles. The first-order valence-corrected chi connectivity index (χ1v) is 6.20. The van der Waals surface area contributed by atoms with Crippen molar-refractivity contribution < 1.29 is 19.8 Å². The van der Waals surface area contributed by atoms with Gasteiger partial charge < -0.3 is 10.2 Å². The van der Waals surface area contributed by atoms with Crippen molar-refractivity contribution in [2.45, 2.75) is 19.4 Å². The quantitative estimate of drug-likeness (QED) is 0.645. The Labute approximate surface area is 107 Å². The third-order valence-electron chi connectivity index (χ3n) is 2.36. The third-order valence-corrected chi connectivity index (χ3v) is 2.75. The van der Waals surface area contributed by atoms with Gasteiger partial charge in [0.05, 0.1) is 0 Å². The van der Waals surface area contributed by atoms with Crippen molar-refractivity contribution in [3.63, 3.8) is 0 Å². The fraction of sp³-hybridized carbons (Fsp3) is 0.333. The Morgan fingerprint density at radius 2 is 2.06 bits per heavy atom. The van der Waals surface area contributed by atoms with Crippen molar-refractivity contribution in [2.24, 2.45) is 0 Å². The third kappa shape index (κ3) is 3.38. The molecule has 1 rings (SSSR count). The standard InChI is InChI=1S/C12H13BrO4/c1-7-2-3-8(10(14)4-5-13)9(6-7)11(15)12(16)17/h2-3,6,11,15H,4-5H2,1H3,(H,16,17). The minimum atomic E-state index is -1.66. The van der Waals surface area contributed by atoms with Crippen LogP contribution in [0.4, 0.5) is 0 Å². The first-order chi connectivity index (χ1) is 7.97. The highest BCUT2D eigenvalue weighted by Gasteiger charge is 2.22. The molecule has 92 valence electrons. The van der Waals surface area contributed by atoms with Crippen molar-refractivity contribution in [3.8, 4) is 0 Å². The smallest absolute Gasteiger partial charge is 0.337 e. The first-order valence-electron chi connectivity index (χ1n) is 5.08. The molecule has 1 aromatic carbocycles. The first kappa shape index (κ1) is 13.9. The van der Waals surface area contributed by atoms with Gasteiger partial charge in [0.1, 0.15) is 0 Å². The Hall–Kier alpha value is -1.20. The number of aliphatic hydroxyl groups is 1. The molecule has 0 saturated heterocycles. The van der Waals surface area contributed by atoms with E-state index in [1.165, 1.54) is 6.07 Å². The lowest BCUT2D eigenvalue weighted by Gasteiger charge is -2.12. The minimum absolute atomic E-state index is 0.156. The molecule has 0 aliphatic heterocycles. The highest BCUT2D eigenvalue weighted by molar-refractivity contribution is 9.09. The Morgan fingerprint density at radius 3 is 2.59 bits per heavy atom. The number of carboxylic acid groups (broad SMARTS) is 1. The average Bonchev–Trinajstić information content (AvgIpc) is 2.28. The highest BCUT2D eigenvalue weighted by atomic mass is 79.9. The van der Waals surface area contributed by atoms with Crippen LogP contribution in [0, 0.1) is 6.92 Å². The summed E-state index contributed by atoms with van der Waals surface area (Å²) in [6.45, 7) is 1.77. The van der Waals surface area contributed by atoms with Gasteiger partial charge in [0, 0.05) is 22.9 Å². The largest absolute Gasteiger partial charge is 0.479 e. The zero-order valence-corrected chi connectivity index (χ0v) is 10.9. The van der Waals surface area contributed by atoms with E-state index in [4.69, 9.17) is 5.11 Å². The number of benzene rings is 1. The summed E-state index contributed by atoms with van der Waals surface area (Å²) in [5, 5.41) is 18.9. The number of aryl methyl sites for hydroxylation is 1. The molecule has 4 nitrogen and oxygen atoms in total. The zero-order chi connectivity index (χ0) is 13.0. The Bertz CT molecular complexity index is 442. The number of rotatable bonds is 5. The van der Waals surface area contributed by atoms with Crippen molar-refractivity contribution in [3.05, 3.63) is 34.9 Å². The van der Waals surface area contributed by atoms with E-state index in [9.17, 15) is 14.7 Å². The van der Waals surface area contributed by atoms with E-state index >= 15 is 0 Å². The lowest BCUT2D eigenvalue weighted by Crippen LogP contribution is -2.15. The van der Waals surface area contributed by atoms with Crippen molar-refractivity contribution >= 4 is 27.7 Å². The molecule has 1 atom stereocenters. The van der Waals surface area contributed by atoms with Crippen molar-refractivity contribution in [1.29, 1.82) is 0 Å². The van der Waals surface area contributed by atoms with E-state index in [-0.39, 0.29) is 23.3 Å². The van der Waals surface area contributed by atoms with Gasteiger partial charge in [-0.15, -0.1) is 0 Å². The molecule has 0 aromatic heterocycles. The predicted octanol–water partition coefficient (Wildman–Crippen LogP) is 2.08. The Balaban J connectivity index is 3.21. The van der Waals surface area contributed by atoms with Crippen LogP contribution < -0.4 is 0 Å². The van der Waals surface area contributed by atoms with E-state index in [0.29, 0.717) is 5.33 Å². The van der Waals surface area contributed by atoms with Crippen LogP contribution in [0.15, 0.2) is 18.2 Å². The number of aliphatic hydroxyl groups excluding tert-OH is 1. The molecule has 5 heteroatoms. The molecule has 0 radical (unpaired) electrons. The monoisotopic (exact) mass is 300 g/mol. The number of carbonyl (C=O) groups excluding carboxylic acids is 1. The van der Waals surface area contributed by atoms with Gasteiger partial charge in [0.2, 0.25) is 0 Å². The van der Waals surface area contributed by atoms with Crippen LogP contribution >= 0.6 is 15.9 Å². The Kier molecular flexibility index (Phi) is 4.84. The number of carboxylic acids is 1. The summed E-state index contributed by atoms with van der Waals surface area (Å²) in [7, 11) is 0. The molecule has 2 N–H and O–H groups in total. The van der Waals surface area contributed by atoms with Gasteiger partial charge in [-0.2, -0.15) is 0 Å². The summed E-state index contributed by atoms with van der Waals surface area (Å²) in [6, 6.07) is 4.81. The second-order valence-electron chi connectivity index (χ2n) is 3.69. The summed E-state index contributed by atoms with van der Waals surface area (Å²) < 4.78 is 0. The molecule has 0 fully saturated rings. The van der Waals surface area contributed by atoms with Crippen LogP contribution in [0.5, 0.6) is 0 Å². The SMILES string of the molecule is Cc1ccc(C(=O)CCBr)c(C(O)C(=O)O)c1. The second kappa shape index (κ2) is 5.93. The fourth-order valence-electron chi connectivity index (χ4n) is 1.52. The highest BCUT2D eigenvalue weighted by Crippen LogP contribution is 2.21. The molecule has 0 heterocycles. The van der Waals surface area contributed by atoms with Gasteiger partial charge in [0.25, 0.3) is 0 Å². The maximum absolute atomic E-state index is 11.8. The van der Waals surface area contributed by atoms with E-state index < -0.39 is 12.1 Å². The van der Waals surface area contributed by atoms with Gasteiger partial charge in [0.15, 0.2) is 11.9 Å². The van der Waals surface area contributed by atoms with Crippen LogP contribution in [0.25, 0.3) is 0 Å². The van der Waals surface area contributed by atoms with Crippen LogP contribution in [0.2, 0.25) is 0 Å². The second-order valence-corrected chi connectivity index (χ2v) is 4.49. The van der Waals surface area contributed by atoms with E-state index in [0.717, 1.165) is 5.56 Å². The molecule has 0 aliphatic rings. The Morgan fingerprint density at radius 1 is 1.41 bits per heavy atom. The number of Topliss-reactive ketones (excluding diaryl/α,β-unsaturated/α-hetero) is 1. The normalized spacial score (nSPS) is 12.2. The average molecular weight is 301 g/mol. The number of hydrogen-bond donors (Lipinski definition) is 2. The lowest BCUT2D eigenvalue weighted by molar-refractivity contribution is -0.146. The number of halogens is 1. The maximum atomic E-state index is 11.8. The van der Waals surface area contributed by atoms with Crippen LogP contribution in [-0.2, 0) is 4.79 Å². The predicted molar refractivity (Wildman–Crippen MR) is 66.5 cm³/mol. The molecule has 0 amide bonds. The van der Waals surface area contributed by atoms with Crippen LogP contribution in [-0.4, -0.2) is 27.3 Å². The molecule has 0 spiro atoms. The zero-order valence-electron chi connectivity index (χ0n) is 9.31. The fourth-order valence-corrected chi connectivity index (χ4v) is 1.88. The minimum Gasteiger partial charge on any atom is -0.479 e. The lowest BCUT2D eigenvalue weighted by atomic mass is 9.96. The van der Waals surface area contributed by atoms with Gasteiger partial charge in [-0.05, 0) is 6.92 Å². The van der Waals surface area contributed by atoms with Crippen LogP contribution in [0.1, 0.15) is 34.0 Å². The summed E-state index contributed by atoms with van der Waals surface area (Å²) in [5.41, 5.74) is 1.23. The van der Waals surface area contributed by atoms with Crippen molar-refractivity contribution in [2.75, 3.05) is 5.33 Å². The summed E-state index contributed by atoms with van der Waals surface area (Å²) >= 11 is 3.15. The van der Waals surface area contributed by atoms with Crippen LogP contribution in [0.3, 0.4) is 0 Å². The number of ketones is 1. The molecule has 0 bridgehead atoms. The summed E-state index contributed by atoms with van der Waals surface area (Å²) in [4.78, 5) is 22.5. The summed E-state index contributed by atoms with van der Waals surface area (Å²) in [5.74, 6) is -1.54. The van der Waals surface area contributed by atoms with Gasteiger partial charge in [-0.3, -0.25) is 4.79 Å². The van der Waals surface area contributed by atoms with Crippen molar-refractivity contribution in [1.82, 2.24) is 0 Å². The number of hydrogen-bond acceptors (Lipinski definition) is 3. The van der Waals surface area contributed by atoms with Gasteiger partial charge in [-0.1, -0.05) is 39.7 Å². The number of aliphatic carboxylic acids is 1. The topological polar surface area (TPSA) is 74.6 Å². The molecule has 1 unspecified atom stereocenters. The summed E-state index contributed by atoms with van der Waals surface area (Å²) in [6.07, 6.45) is -1.40. The molecule has 17 heavy (non-hydrogen) atoms. The molecule has 0 saturated carbocycles. The van der Waals surface area contributed by atoms with E-state index in [1.807, 2.05) is 0 Å². The molecular formula is C12H13BrO4. The van der Waals surface area contributed by atoms with E-state index in [2.05, 4.69) is 15.9 Å². The van der Waals surface area contributed by atoms with Gasteiger partial charge >= 0.3 is 5.97 Å². The van der Waals surface area contributed by atoms with E-state index in [1.54, 1.807) is 19.1 Å². The molecular weight excluding hydrogens is 288 g/mol.